The van der Waals surface area contributed by atoms with E-state index in [1.54, 1.807) is 13.1 Å². The Morgan fingerprint density at radius 2 is 2.22 bits per heavy atom. The number of hydrogen-bond donors (Lipinski definition) is 1. The normalized spacial score (nSPS) is 12.4. The lowest BCUT2D eigenvalue weighted by molar-refractivity contribution is 0.189. The third kappa shape index (κ3) is 2.71. The van der Waals surface area contributed by atoms with Crippen molar-refractivity contribution in [3.05, 3.63) is 47.5 Å². The molecular weight excluding hydrogens is 228 g/mol. The predicted octanol–water partition coefficient (Wildman–Crippen LogP) is 2.36. The summed E-state index contributed by atoms with van der Waals surface area (Å²) in [6.07, 6.45) is 3.08. The van der Waals surface area contributed by atoms with E-state index < -0.39 is 6.10 Å². The number of ether oxygens (including phenoxy) is 1. The highest BCUT2D eigenvalue weighted by atomic mass is 16.5. The summed E-state index contributed by atoms with van der Waals surface area (Å²) in [6.45, 7) is 4.13. The van der Waals surface area contributed by atoms with Crippen LogP contribution in [0.15, 0.2) is 30.6 Å². The van der Waals surface area contributed by atoms with Crippen molar-refractivity contribution in [2.75, 3.05) is 0 Å². The van der Waals surface area contributed by atoms with Gasteiger partial charge in [0.25, 0.3) is 0 Å². The molecule has 0 bridgehead atoms. The van der Waals surface area contributed by atoms with Crippen molar-refractivity contribution in [1.82, 2.24) is 9.55 Å². The quantitative estimate of drug-likeness (QED) is 0.900. The smallest absolute Gasteiger partial charge is 0.146 e. The fourth-order valence-corrected chi connectivity index (χ4v) is 1.79. The first-order chi connectivity index (χ1) is 8.58. The second-order valence-corrected chi connectivity index (χ2v) is 4.46. The average Bonchev–Trinajstić information content (AvgIpc) is 2.72. The molecule has 2 aromatic rings. The Bertz CT molecular complexity index is 532. The third-order valence-electron chi connectivity index (χ3n) is 2.90. The standard InChI is InChI=1S/C14H18N2O2/c1-10-4-5-12(11(2)17)13(8-10)18-9-14-15-6-7-16(14)3/h4-8,11,17H,9H2,1-3H3/t11-/m0/s1. The monoisotopic (exact) mass is 246 g/mol. The summed E-state index contributed by atoms with van der Waals surface area (Å²) in [5.74, 6) is 1.57. The molecule has 4 nitrogen and oxygen atoms in total. The van der Waals surface area contributed by atoms with Crippen molar-refractivity contribution in [2.45, 2.75) is 26.6 Å². The van der Waals surface area contributed by atoms with Crippen LogP contribution in [0.4, 0.5) is 0 Å². The molecule has 0 amide bonds. The van der Waals surface area contributed by atoms with Gasteiger partial charge >= 0.3 is 0 Å². The van der Waals surface area contributed by atoms with Gasteiger partial charge in [-0.05, 0) is 25.5 Å². The van der Waals surface area contributed by atoms with Crippen LogP contribution in [0.2, 0.25) is 0 Å². The third-order valence-corrected chi connectivity index (χ3v) is 2.90. The first-order valence-electron chi connectivity index (χ1n) is 5.95. The molecule has 1 atom stereocenters. The summed E-state index contributed by atoms with van der Waals surface area (Å²) in [7, 11) is 1.93. The van der Waals surface area contributed by atoms with E-state index in [0.717, 1.165) is 17.0 Å². The van der Waals surface area contributed by atoms with Gasteiger partial charge in [0.15, 0.2) is 0 Å². The van der Waals surface area contributed by atoms with E-state index >= 15 is 0 Å². The Hall–Kier alpha value is -1.81. The molecule has 1 N–H and O–H groups in total. The average molecular weight is 246 g/mol. The zero-order chi connectivity index (χ0) is 13.1. The van der Waals surface area contributed by atoms with Crippen LogP contribution in [0.5, 0.6) is 5.75 Å². The van der Waals surface area contributed by atoms with Gasteiger partial charge in [-0.15, -0.1) is 0 Å². The highest BCUT2D eigenvalue weighted by molar-refractivity contribution is 5.38. The number of rotatable bonds is 4. The fourth-order valence-electron chi connectivity index (χ4n) is 1.79. The van der Waals surface area contributed by atoms with E-state index in [1.165, 1.54) is 0 Å². The lowest BCUT2D eigenvalue weighted by Gasteiger charge is -2.14. The first kappa shape index (κ1) is 12.6. The number of aliphatic hydroxyl groups is 1. The summed E-state index contributed by atoms with van der Waals surface area (Å²) in [5, 5.41) is 9.71. The lowest BCUT2D eigenvalue weighted by Crippen LogP contribution is -2.05. The topological polar surface area (TPSA) is 47.3 Å². The van der Waals surface area contributed by atoms with Gasteiger partial charge in [-0.1, -0.05) is 12.1 Å². The van der Waals surface area contributed by atoms with Gasteiger partial charge in [-0.3, -0.25) is 0 Å². The van der Waals surface area contributed by atoms with Crippen molar-refractivity contribution in [3.8, 4) is 5.75 Å². The molecule has 0 aliphatic rings. The van der Waals surface area contributed by atoms with Crippen LogP contribution in [-0.4, -0.2) is 14.7 Å². The van der Waals surface area contributed by atoms with Gasteiger partial charge in [0.1, 0.15) is 18.2 Å². The Morgan fingerprint density at radius 1 is 1.44 bits per heavy atom. The Balaban J connectivity index is 2.18. The maximum absolute atomic E-state index is 9.71. The molecule has 0 aliphatic carbocycles. The van der Waals surface area contributed by atoms with Crippen molar-refractivity contribution in [3.63, 3.8) is 0 Å². The molecule has 0 fully saturated rings. The highest BCUT2D eigenvalue weighted by Crippen LogP contribution is 2.26. The number of imidazole rings is 1. The molecule has 1 aromatic carbocycles. The molecule has 0 saturated carbocycles. The van der Waals surface area contributed by atoms with E-state index in [1.807, 2.05) is 42.9 Å². The first-order valence-corrected chi connectivity index (χ1v) is 5.95. The minimum atomic E-state index is -0.540. The molecule has 4 heteroatoms. The molecule has 2 rings (SSSR count). The lowest BCUT2D eigenvalue weighted by atomic mass is 10.1. The second-order valence-electron chi connectivity index (χ2n) is 4.46. The van der Waals surface area contributed by atoms with E-state index in [0.29, 0.717) is 12.4 Å². The van der Waals surface area contributed by atoms with Crippen LogP contribution in [0.25, 0.3) is 0 Å². The summed E-state index contributed by atoms with van der Waals surface area (Å²) in [4.78, 5) is 4.20. The van der Waals surface area contributed by atoms with E-state index in [2.05, 4.69) is 4.98 Å². The number of aryl methyl sites for hydroxylation is 2. The molecule has 0 spiro atoms. The van der Waals surface area contributed by atoms with Crippen LogP contribution in [0.1, 0.15) is 30.0 Å². The minimum absolute atomic E-state index is 0.396. The number of aromatic nitrogens is 2. The van der Waals surface area contributed by atoms with Crippen LogP contribution in [0.3, 0.4) is 0 Å². The minimum Gasteiger partial charge on any atom is -0.485 e. The van der Waals surface area contributed by atoms with Crippen LogP contribution < -0.4 is 4.74 Å². The number of benzene rings is 1. The van der Waals surface area contributed by atoms with E-state index in [-0.39, 0.29) is 0 Å². The summed E-state index contributed by atoms with van der Waals surface area (Å²) < 4.78 is 7.68. The number of aliphatic hydroxyl groups excluding tert-OH is 1. The summed E-state index contributed by atoms with van der Waals surface area (Å²) >= 11 is 0. The van der Waals surface area contributed by atoms with Crippen molar-refractivity contribution < 1.29 is 9.84 Å². The van der Waals surface area contributed by atoms with Gasteiger partial charge in [-0.25, -0.2) is 4.98 Å². The largest absolute Gasteiger partial charge is 0.485 e. The molecule has 0 unspecified atom stereocenters. The van der Waals surface area contributed by atoms with Crippen LogP contribution in [-0.2, 0) is 13.7 Å². The Labute approximate surface area is 107 Å². The zero-order valence-corrected chi connectivity index (χ0v) is 10.9. The zero-order valence-electron chi connectivity index (χ0n) is 10.9. The van der Waals surface area contributed by atoms with Gasteiger partial charge in [0.05, 0.1) is 6.10 Å². The fraction of sp³-hybridized carbons (Fsp3) is 0.357. The maximum Gasteiger partial charge on any atom is 0.146 e. The van der Waals surface area contributed by atoms with E-state index in [4.69, 9.17) is 4.74 Å². The summed E-state index contributed by atoms with van der Waals surface area (Å²) in [6, 6.07) is 5.80. The second kappa shape index (κ2) is 5.23. The van der Waals surface area contributed by atoms with Crippen molar-refractivity contribution >= 4 is 0 Å². The SMILES string of the molecule is Cc1ccc([C@H](C)O)c(OCc2nccn2C)c1. The molecule has 0 aliphatic heterocycles. The Kier molecular flexibility index (Phi) is 3.67. The molecule has 0 radical (unpaired) electrons. The number of nitrogens with zero attached hydrogens (tertiary/aromatic N) is 2. The summed E-state index contributed by atoms with van der Waals surface area (Å²) in [5.41, 5.74) is 1.91. The molecule has 1 aromatic heterocycles. The molecular formula is C14H18N2O2. The maximum atomic E-state index is 9.71. The van der Waals surface area contributed by atoms with Gasteiger partial charge in [0.2, 0.25) is 0 Å². The number of hydrogen-bond acceptors (Lipinski definition) is 3. The molecule has 0 saturated heterocycles. The van der Waals surface area contributed by atoms with Crippen molar-refractivity contribution in [2.24, 2.45) is 7.05 Å². The van der Waals surface area contributed by atoms with Crippen molar-refractivity contribution in [1.29, 1.82) is 0 Å². The van der Waals surface area contributed by atoms with Gasteiger partial charge in [0, 0.05) is 25.0 Å². The van der Waals surface area contributed by atoms with Gasteiger partial charge < -0.3 is 14.4 Å². The van der Waals surface area contributed by atoms with Gasteiger partial charge in [-0.2, -0.15) is 0 Å². The highest BCUT2D eigenvalue weighted by Gasteiger charge is 2.10. The molecule has 18 heavy (non-hydrogen) atoms. The molecule has 96 valence electrons. The van der Waals surface area contributed by atoms with Crippen LogP contribution in [0, 0.1) is 6.92 Å². The predicted molar refractivity (Wildman–Crippen MR) is 69.4 cm³/mol. The van der Waals surface area contributed by atoms with Crippen LogP contribution >= 0.6 is 0 Å². The Morgan fingerprint density at radius 3 is 2.83 bits per heavy atom. The molecule has 1 heterocycles. The van der Waals surface area contributed by atoms with E-state index in [9.17, 15) is 5.11 Å².